The van der Waals surface area contributed by atoms with Gasteiger partial charge in [-0.15, -0.1) is 0 Å². The highest BCUT2D eigenvalue weighted by molar-refractivity contribution is 5.70. The van der Waals surface area contributed by atoms with E-state index in [4.69, 9.17) is 9.84 Å². The van der Waals surface area contributed by atoms with Gasteiger partial charge in [-0.3, -0.25) is 4.79 Å². The second-order valence-electron chi connectivity index (χ2n) is 7.27. The van der Waals surface area contributed by atoms with E-state index in [1.165, 1.54) is 5.69 Å². The topological polar surface area (TPSA) is 53.0 Å². The molecule has 1 fully saturated rings. The number of piperidine rings is 1. The van der Waals surface area contributed by atoms with E-state index >= 15 is 0 Å². The number of aliphatic carboxylic acids is 1. The Morgan fingerprint density at radius 2 is 2.08 bits per heavy atom. The maximum absolute atomic E-state index is 11.1. The molecule has 0 spiro atoms. The van der Waals surface area contributed by atoms with Crippen molar-refractivity contribution in [1.82, 2.24) is 4.90 Å². The fraction of sp³-hybridized carbons (Fsp3) is 0.650. The van der Waals surface area contributed by atoms with E-state index in [-0.39, 0.29) is 5.92 Å². The molecule has 5 nitrogen and oxygen atoms in total. The second kappa shape index (κ2) is 10.4. The van der Waals surface area contributed by atoms with Crippen molar-refractivity contribution >= 4 is 11.7 Å². The van der Waals surface area contributed by atoms with Crippen molar-refractivity contribution in [1.29, 1.82) is 0 Å². The van der Waals surface area contributed by atoms with Crippen LogP contribution in [-0.2, 0) is 9.53 Å². The first kappa shape index (κ1) is 19.7. The number of para-hydroxylation sites is 1. The smallest absolute Gasteiger partial charge is 0.307 e. The number of carbonyl (C=O) groups is 1. The van der Waals surface area contributed by atoms with Crippen molar-refractivity contribution in [3.63, 3.8) is 0 Å². The normalized spacial score (nSPS) is 18.4. The Kier molecular flexibility index (Phi) is 8.22. The Labute approximate surface area is 151 Å². The van der Waals surface area contributed by atoms with Gasteiger partial charge in [-0.05, 0) is 37.4 Å². The lowest BCUT2D eigenvalue weighted by Crippen LogP contribution is -2.40. The fourth-order valence-electron chi connectivity index (χ4n) is 3.34. The standard InChI is InChI=1S/C20H32N2O3/c1-17(2)15-22(19-8-4-3-5-9-19)12-14-25-13-11-21-10-6-7-18(16-21)20(23)24/h3-5,8-9,17-18H,6-7,10-16H2,1-2H3,(H,23,24). The molecule has 0 aliphatic carbocycles. The van der Waals surface area contributed by atoms with E-state index in [0.717, 1.165) is 39.0 Å². The molecule has 1 aliphatic rings. The lowest BCUT2D eigenvalue weighted by atomic mass is 9.98. The van der Waals surface area contributed by atoms with Gasteiger partial charge in [0.15, 0.2) is 0 Å². The summed E-state index contributed by atoms with van der Waals surface area (Å²) in [6.07, 6.45) is 1.76. The molecule has 1 aromatic rings. The molecular formula is C20H32N2O3. The molecule has 0 bridgehead atoms. The van der Waals surface area contributed by atoms with Gasteiger partial charge in [-0.1, -0.05) is 32.0 Å². The highest BCUT2D eigenvalue weighted by Gasteiger charge is 2.24. The van der Waals surface area contributed by atoms with Gasteiger partial charge in [0.25, 0.3) is 0 Å². The zero-order valence-corrected chi connectivity index (χ0v) is 15.6. The Bertz CT molecular complexity index is 507. The summed E-state index contributed by atoms with van der Waals surface area (Å²) in [6, 6.07) is 10.5. The third-order valence-electron chi connectivity index (χ3n) is 4.62. The molecule has 1 N–H and O–H groups in total. The molecule has 0 aromatic heterocycles. The summed E-state index contributed by atoms with van der Waals surface area (Å²) in [6.45, 7) is 10.2. The number of hydrogen-bond acceptors (Lipinski definition) is 4. The molecule has 1 unspecified atom stereocenters. The van der Waals surface area contributed by atoms with Crippen molar-refractivity contribution < 1.29 is 14.6 Å². The average Bonchev–Trinajstić information content (AvgIpc) is 2.61. The number of hydrogen-bond donors (Lipinski definition) is 1. The molecule has 1 atom stereocenters. The molecule has 1 heterocycles. The van der Waals surface area contributed by atoms with Crippen LogP contribution in [-0.4, -0.2) is 61.9 Å². The van der Waals surface area contributed by atoms with Crippen molar-refractivity contribution in [2.24, 2.45) is 11.8 Å². The van der Waals surface area contributed by atoms with Gasteiger partial charge in [-0.2, -0.15) is 0 Å². The van der Waals surface area contributed by atoms with E-state index in [9.17, 15) is 4.79 Å². The van der Waals surface area contributed by atoms with Crippen LogP contribution in [0.15, 0.2) is 30.3 Å². The van der Waals surface area contributed by atoms with Gasteiger partial charge >= 0.3 is 5.97 Å². The molecular weight excluding hydrogens is 316 g/mol. The molecule has 5 heteroatoms. The van der Waals surface area contributed by atoms with E-state index in [2.05, 4.69) is 47.9 Å². The van der Waals surface area contributed by atoms with Gasteiger partial charge in [0, 0.05) is 31.9 Å². The Hall–Kier alpha value is -1.59. The molecule has 0 saturated carbocycles. The number of carboxylic acids is 1. The van der Waals surface area contributed by atoms with Gasteiger partial charge < -0.3 is 19.6 Å². The highest BCUT2D eigenvalue weighted by Crippen LogP contribution is 2.16. The van der Waals surface area contributed by atoms with Crippen molar-refractivity contribution in [3.05, 3.63) is 30.3 Å². The number of nitrogens with zero attached hydrogens (tertiary/aromatic N) is 2. The molecule has 25 heavy (non-hydrogen) atoms. The number of rotatable bonds is 10. The number of benzene rings is 1. The molecule has 1 aromatic carbocycles. The fourth-order valence-corrected chi connectivity index (χ4v) is 3.34. The van der Waals surface area contributed by atoms with E-state index in [1.54, 1.807) is 0 Å². The molecule has 140 valence electrons. The van der Waals surface area contributed by atoms with Crippen molar-refractivity contribution in [2.45, 2.75) is 26.7 Å². The Morgan fingerprint density at radius 1 is 1.32 bits per heavy atom. The predicted molar refractivity (Wildman–Crippen MR) is 101 cm³/mol. The first-order valence-corrected chi connectivity index (χ1v) is 9.39. The maximum atomic E-state index is 11.1. The van der Waals surface area contributed by atoms with Crippen LogP contribution in [0.25, 0.3) is 0 Å². The summed E-state index contributed by atoms with van der Waals surface area (Å²) in [5, 5.41) is 9.14. The molecule has 0 radical (unpaired) electrons. The monoisotopic (exact) mass is 348 g/mol. The lowest BCUT2D eigenvalue weighted by molar-refractivity contribution is -0.143. The predicted octanol–water partition coefficient (Wildman–Crippen LogP) is 2.96. The summed E-state index contributed by atoms with van der Waals surface area (Å²) in [4.78, 5) is 15.7. The largest absolute Gasteiger partial charge is 0.481 e. The van der Waals surface area contributed by atoms with Crippen LogP contribution in [0.2, 0.25) is 0 Å². The van der Waals surface area contributed by atoms with Crippen LogP contribution < -0.4 is 4.90 Å². The average molecular weight is 348 g/mol. The van der Waals surface area contributed by atoms with Crippen LogP contribution in [0, 0.1) is 11.8 Å². The lowest BCUT2D eigenvalue weighted by Gasteiger charge is -2.30. The Balaban J connectivity index is 1.69. The van der Waals surface area contributed by atoms with Crippen LogP contribution in [0.1, 0.15) is 26.7 Å². The molecule has 1 saturated heterocycles. The third kappa shape index (κ3) is 7.04. The van der Waals surface area contributed by atoms with Gasteiger partial charge in [0.05, 0.1) is 19.1 Å². The van der Waals surface area contributed by atoms with Crippen LogP contribution in [0.5, 0.6) is 0 Å². The zero-order chi connectivity index (χ0) is 18.1. The maximum Gasteiger partial charge on any atom is 0.307 e. The van der Waals surface area contributed by atoms with Gasteiger partial charge in [-0.25, -0.2) is 0 Å². The number of ether oxygens (including phenoxy) is 1. The van der Waals surface area contributed by atoms with E-state index < -0.39 is 5.97 Å². The van der Waals surface area contributed by atoms with Crippen LogP contribution in [0.4, 0.5) is 5.69 Å². The van der Waals surface area contributed by atoms with Crippen molar-refractivity contribution in [3.8, 4) is 0 Å². The van der Waals surface area contributed by atoms with Gasteiger partial charge in [0.1, 0.15) is 0 Å². The number of anilines is 1. The number of likely N-dealkylation sites (tertiary alicyclic amines) is 1. The number of carboxylic acid groups (broad SMARTS) is 1. The van der Waals surface area contributed by atoms with Gasteiger partial charge in [0.2, 0.25) is 0 Å². The minimum Gasteiger partial charge on any atom is -0.481 e. The Morgan fingerprint density at radius 3 is 2.76 bits per heavy atom. The summed E-state index contributed by atoms with van der Waals surface area (Å²) in [5.41, 5.74) is 1.24. The molecule has 2 rings (SSSR count). The first-order chi connectivity index (χ1) is 12.1. The highest BCUT2D eigenvalue weighted by atomic mass is 16.5. The minimum absolute atomic E-state index is 0.214. The third-order valence-corrected chi connectivity index (χ3v) is 4.62. The summed E-state index contributed by atoms with van der Waals surface area (Å²) in [7, 11) is 0. The second-order valence-corrected chi connectivity index (χ2v) is 7.27. The summed E-state index contributed by atoms with van der Waals surface area (Å²) < 4.78 is 5.83. The van der Waals surface area contributed by atoms with E-state index in [0.29, 0.717) is 25.7 Å². The van der Waals surface area contributed by atoms with E-state index in [1.807, 2.05) is 6.07 Å². The summed E-state index contributed by atoms with van der Waals surface area (Å²) >= 11 is 0. The zero-order valence-electron chi connectivity index (χ0n) is 15.6. The quantitative estimate of drug-likeness (QED) is 0.659. The van der Waals surface area contributed by atoms with Crippen molar-refractivity contribution in [2.75, 3.05) is 50.8 Å². The minimum atomic E-state index is -0.669. The first-order valence-electron chi connectivity index (χ1n) is 9.39. The SMILES string of the molecule is CC(C)CN(CCOCCN1CCCC(C(=O)O)C1)c1ccccc1. The molecule has 0 amide bonds. The summed E-state index contributed by atoms with van der Waals surface area (Å²) in [5.74, 6) is -0.285. The van der Waals surface area contributed by atoms with Crippen LogP contribution >= 0.6 is 0 Å². The van der Waals surface area contributed by atoms with Crippen LogP contribution in [0.3, 0.4) is 0 Å². The molecule has 1 aliphatic heterocycles.